The number of fused-ring (bicyclic) bond motifs is 2. The van der Waals surface area contributed by atoms with Gasteiger partial charge >= 0.3 is 0 Å². The van der Waals surface area contributed by atoms with Gasteiger partial charge < -0.3 is 10.2 Å². The summed E-state index contributed by atoms with van der Waals surface area (Å²) in [4.78, 5) is 14.5. The Morgan fingerprint density at radius 2 is 2.33 bits per heavy atom. The van der Waals surface area contributed by atoms with E-state index in [1.807, 2.05) is 6.07 Å². The van der Waals surface area contributed by atoms with Gasteiger partial charge in [-0.2, -0.15) is 5.26 Å². The predicted octanol–water partition coefficient (Wildman–Crippen LogP) is 2.76. The van der Waals surface area contributed by atoms with Crippen molar-refractivity contribution in [1.82, 2.24) is 4.90 Å². The van der Waals surface area contributed by atoms with Crippen LogP contribution >= 0.6 is 0 Å². The molecule has 21 heavy (non-hydrogen) atoms. The summed E-state index contributed by atoms with van der Waals surface area (Å²) >= 11 is 0. The quantitative estimate of drug-likeness (QED) is 0.904. The van der Waals surface area contributed by atoms with Crippen molar-refractivity contribution in [3.05, 3.63) is 29.8 Å². The van der Waals surface area contributed by atoms with E-state index >= 15 is 0 Å². The first-order valence-electron chi connectivity index (χ1n) is 7.78. The molecule has 1 aromatic carbocycles. The monoisotopic (exact) mass is 283 g/mol. The number of nitriles is 1. The number of nitrogens with zero attached hydrogens (tertiary/aromatic N) is 2. The van der Waals surface area contributed by atoms with Gasteiger partial charge in [-0.25, -0.2) is 0 Å². The SMILES string of the molecule is N#Cc1cccc(NC(=O)CCCN2CC3CCC2C3)c1. The van der Waals surface area contributed by atoms with Crippen molar-refractivity contribution >= 4 is 11.6 Å². The van der Waals surface area contributed by atoms with Crippen LogP contribution in [0, 0.1) is 17.2 Å². The summed E-state index contributed by atoms with van der Waals surface area (Å²) in [5, 5.41) is 11.7. The van der Waals surface area contributed by atoms with Crippen LogP contribution < -0.4 is 5.32 Å². The maximum Gasteiger partial charge on any atom is 0.224 e. The summed E-state index contributed by atoms with van der Waals surface area (Å²) in [5.41, 5.74) is 1.28. The minimum Gasteiger partial charge on any atom is -0.326 e. The lowest BCUT2D eigenvalue weighted by molar-refractivity contribution is -0.116. The van der Waals surface area contributed by atoms with Crippen LogP contribution in [-0.4, -0.2) is 29.9 Å². The minimum atomic E-state index is 0.0365. The van der Waals surface area contributed by atoms with Gasteiger partial charge in [-0.1, -0.05) is 6.07 Å². The molecular weight excluding hydrogens is 262 g/mol. The molecule has 0 spiro atoms. The Labute approximate surface area is 125 Å². The summed E-state index contributed by atoms with van der Waals surface area (Å²) < 4.78 is 0. The molecule has 1 saturated carbocycles. The number of hydrogen-bond donors (Lipinski definition) is 1. The molecule has 2 fully saturated rings. The van der Waals surface area contributed by atoms with Crippen LogP contribution in [0.25, 0.3) is 0 Å². The molecule has 4 heteroatoms. The van der Waals surface area contributed by atoms with E-state index in [4.69, 9.17) is 5.26 Å². The van der Waals surface area contributed by atoms with E-state index in [0.29, 0.717) is 17.7 Å². The first-order chi connectivity index (χ1) is 10.2. The molecule has 4 nitrogen and oxygen atoms in total. The van der Waals surface area contributed by atoms with Crippen molar-refractivity contribution in [2.45, 2.75) is 38.1 Å². The number of benzene rings is 1. The number of likely N-dealkylation sites (tertiary alicyclic amines) is 1. The number of piperidine rings is 1. The van der Waals surface area contributed by atoms with Crippen molar-refractivity contribution in [3.8, 4) is 6.07 Å². The summed E-state index contributed by atoms with van der Waals surface area (Å²) in [6.07, 6.45) is 5.57. The fourth-order valence-corrected chi connectivity index (χ4v) is 3.63. The van der Waals surface area contributed by atoms with E-state index in [0.717, 1.165) is 24.9 Å². The van der Waals surface area contributed by atoms with Crippen LogP contribution in [0.15, 0.2) is 24.3 Å². The first kappa shape index (κ1) is 14.1. The highest BCUT2D eigenvalue weighted by Gasteiger charge is 2.36. The predicted molar refractivity (Wildman–Crippen MR) is 81.7 cm³/mol. The third-order valence-electron chi connectivity index (χ3n) is 4.65. The van der Waals surface area contributed by atoms with Crippen molar-refractivity contribution in [1.29, 1.82) is 5.26 Å². The Morgan fingerprint density at radius 3 is 3.05 bits per heavy atom. The zero-order valence-electron chi connectivity index (χ0n) is 12.2. The second-order valence-corrected chi connectivity index (χ2v) is 6.17. The van der Waals surface area contributed by atoms with E-state index in [1.165, 1.54) is 25.8 Å². The maximum absolute atomic E-state index is 11.9. The van der Waals surface area contributed by atoms with Gasteiger partial charge in [0.15, 0.2) is 0 Å². The Morgan fingerprint density at radius 1 is 1.43 bits per heavy atom. The molecule has 1 aromatic rings. The van der Waals surface area contributed by atoms with Gasteiger partial charge in [-0.05, 0) is 56.3 Å². The molecule has 1 saturated heterocycles. The molecule has 1 N–H and O–H groups in total. The van der Waals surface area contributed by atoms with Crippen LogP contribution in [0.4, 0.5) is 5.69 Å². The lowest BCUT2D eigenvalue weighted by Crippen LogP contribution is -2.33. The molecule has 1 heterocycles. The fourth-order valence-electron chi connectivity index (χ4n) is 3.63. The number of nitrogens with one attached hydrogen (secondary N) is 1. The molecule has 0 aromatic heterocycles. The van der Waals surface area contributed by atoms with Gasteiger partial charge in [0.05, 0.1) is 11.6 Å². The summed E-state index contributed by atoms with van der Waals surface area (Å²) in [6, 6.07) is 9.91. The van der Waals surface area contributed by atoms with Crippen LogP contribution in [0.3, 0.4) is 0 Å². The van der Waals surface area contributed by atoms with E-state index < -0.39 is 0 Å². The van der Waals surface area contributed by atoms with Crippen molar-refractivity contribution in [2.24, 2.45) is 5.92 Å². The average Bonchev–Trinajstić information content (AvgIpc) is 3.10. The third kappa shape index (κ3) is 3.43. The summed E-state index contributed by atoms with van der Waals surface area (Å²) in [6.45, 7) is 2.27. The number of anilines is 1. The molecule has 2 unspecified atom stereocenters. The van der Waals surface area contributed by atoms with E-state index in [-0.39, 0.29) is 5.91 Å². The number of amides is 1. The lowest BCUT2D eigenvalue weighted by Gasteiger charge is -2.26. The van der Waals surface area contributed by atoms with Gasteiger partial charge in [-0.15, -0.1) is 0 Å². The average molecular weight is 283 g/mol. The van der Waals surface area contributed by atoms with Crippen LogP contribution in [0.2, 0.25) is 0 Å². The van der Waals surface area contributed by atoms with E-state index in [2.05, 4.69) is 16.3 Å². The van der Waals surface area contributed by atoms with Gasteiger partial charge in [0, 0.05) is 24.7 Å². The van der Waals surface area contributed by atoms with Gasteiger partial charge in [-0.3, -0.25) is 4.79 Å². The second-order valence-electron chi connectivity index (χ2n) is 6.17. The highest BCUT2D eigenvalue weighted by Crippen LogP contribution is 2.37. The van der Waals surface area contributed by atoms with Gasteiger partial charge in [0.2, 0.25) is 5.91 Å². The molecule has 110 valence electrons. The van der Waals surface area contributed by atoms with Crippen molar-refractivity contribution in [2.75, 3.05) is 18.4 Å². The number of carbonyl (C=O) groups is 1. The molecule has 1 amide bonds. The zero-order chi connectivity index (χ0) is 14.7. The Balaban J connectivity index is 1.41. The highest BCUT2D eigenvalue weighted by atomic mass is 16.1. The highest BCUT2D eigenvalue weighted by molar-refractivity contribution is 5.90. The van der Waals surface area contributed by atoms with E-state index in [1.54, 1.807) is 18.2 Å². The molecule has 1 aliphatic heterocycles. The molecule has 2 atom stereocenters. The fraction of sp³-hybridized carbons (Fsp3) is 0.529. The molecule has 0 radical (unpaired) electrons. The third-order valence-corrected chi connectivity index (χ3v) is 4.65. The molecule has 2 aliphatic rings. The van der Waals surface area contributed by atoms with Crippen LogP contribution in [-0.2, 0) is 4.79 Å². The minimum absolute atomic E-state index is 0.0365. The Kier molecular flexibility index (Phi) is 4.21. The van der Waals surface area contributed by atoms with Crippen molar-refractivity contribution in [3.63, 3.8) is 0 Å². The summed E-state index contributed by atoms with van der Waals surface area (Å²) in [5.74, 6) is 0.951. The largest absolute Gasteiger partial charge is 0.326 e. The number of rotatable bonds is 5. The molecule has 1 aliphatic carbocycles. The number of hydrogen-bond acceptors (Lipinski definition) is 3. The Hall–Kier alpha value is -1.86. The molecule has 2 bridgehead atoms. The summed E-state index contributed by atoms with van der Waals surface area (Å²) in [7, 11) is 0. The molecule has 3 rings (SSSR count). The second kappa shape index (κ2) is 6.28. The Bertz CT molecular complexity index is 563. The van der Waals surface area contributed by atoms with Gasteiger partial charge in [0.1, 0.15) is 0 Å². The zero-order valence-corrected chi connectivity index (χ0v) is 12.2. The standard InChI is InChI=1S/C17H21N3O/c18-11-13-3-1-4-15(9-13)19-17(21)5-2-8-20-12-14-6-7-16(20)10-14/h1,3-4,9,14,16H,2,5-8,10,12H2,(H,19,21). The van der Waals surface area contributed by atoms with E-state index in [9.17, 15) is 4.79 Å². The van der Waals surface area contributed by atoms with Crippen LogP contribution in [0.5, 0.6) is 0 Å². The van der Waals surface area contributed by atoms with Gasteiger partial charge in [0.25, 0.3) is 0 Å². The maximum atomic E-state index is 11.9. The normalized spacial score (nSPS) is 24.0. The molecular formula is C17H21N3O. The number of carbonyl (C=O) groups excluding carboxylic acids is 1. The topological polar surface area (TPSA) is 56.1 Å². The smallest absolute Gasteiger partial charge is 0.224 e. The van der Waals surface area contributed by atoms with Crippen molar-refractivity contribution < 1.29 is 4.79 Å². The first-order valence-corrected chi connectivity index (χ1v) is 7.78. The lowest BCUT2D eigenvalue weighted by atomic mass is 10.1. The van der Waals surface area contributed by atoms with Crippen LogP contribution in [0.1, 0.15) is 37.7 Å².